The zero-order valence-electron chi connectivity index (χ0n) is 10.6. The van der Waals surface area contributed by atoms with Crippen LogP contribution in [0.1, 0.15) is 37.5 Å². The van der Waals surface area contributed by atoms with E-state index in [2.05, 4.69) is 0 Å². The van der Waals surface area contributed by atoms with E-state index < -0.39 is 21.2 Å². The molecule has 1 aromatic rings. The molecular weight excluding hydrogens is 236 g/mol. The Morgan fingerprint density at radius 3 is 2.41 bits per heavy atom. The lowest BCUT2D eigenvalue weighted by molar-refractivity contribution is 0.169. The first-order valence-electron chi connectivity index (χ1n) is 5.88. The summed E-state index contributed by atoms with van der Waals surface area (Å²) in [6.45, 7) is 5.32. The number of aliphatic hydroxyl groups is 1. The average molecular weight is 256 g/mol. The second kappa shape index (κ2) is 5.65. The number of benzene rings is 1. The summed E-state index contributed by atoms with van der Waals surface area (Å²) < 4.78 is 23.7. The predicted octanol–water partition coefficient (Wildman–Crippen LogP) is 2.24. The number of sulfone groups is 1. The molecule has 0 saturated heterocycles. The fraction of sp³-hybridized carbons (Fsp3) is 0.538. The van der Waals surface area contributed by atoms with Gasteiger partial charge in [-0.15, -0.1) is 0 Å². The van der Waals surface area contributed by atoms with E-state index in [0.717, 1.165) is 5.56 Å². The van der Waals surface area contributed by atoms with Gasteiger partial charge in [-0.25, -0.2) is 8.42 Å². The molecule has 17 heavy (non-hydrogen) atoms. The topological polar surface area (TPSA) is 54.4 Å². The van der Waals surface area contributed by atoms with Crippen LogP contribution in [0, 0.1) is 6.92 Å². The molecule has 0 aromatic heterocycles. The Morgan fingerprint density at radius 2 is 1.94 bits per heavy atom. The lowest BCUT2D eigenvalue weighted by atomic mass is 10.0. The molecule has 0 saturated carbocycles. The van der Waals surface area contributed by atoms with Crippen LogP contribution in [-0.2, 0) is 9.84 Å². The molecule has 0 aliphatic carbocycles. The number of hydrogen-bond donors (Lipinski definition) is 1. The van der Waals surface area contributed by atoms with Gasteiger partial charge in [0.05, 0.1) is 11.4 Å². The summed E-state index contributed by atoms with van der Waals surface area (Å²) >= 11 is 0. The van der Waals surface area contributed by atoms with Crippen molar-refractivity contribution in [2.75, 3.05) is 5.75 Å². The third-order valence-electron chi connectivity index (χ3n) is 3.00. The van der Waals surface area contributed by atoms with Gasteiger partial charge in [0.1, 0.15) is 0 Å². The van der Waals surface area contributed by atoms with E-state index in [1.807, 2.05) is 25.1 Å². The largest absolute Gasteiger partial charge is 0.387 e. The van der Waals surface area contributed by atoms with Crippen molar-refractivity contribution in [1.29, 1.82) is 0 Å². The Morgan fingerprint density at radius 1 is 1.29 bits per heavy atom. The summed E-state index contributed by atoms with van der Waals surface area (Å²) in [6, 6.07) is 7.36. The standard InChI is InChI=1S/C13H20O3S/c1-4-12(17(15,16)5-2)13(14)11-8-6-7-10(3)9-11/h6-9,12-14H,4-5H2,1-3H3/t12-,13-/m1/s1. The van der Waals surface area contributed by atoms with Gasteiger partial charge >= 0.3 is 0 Å². The summed E-state index contributed by atoms with van der Waals surface area (Å²) in [7, 11) is -3.22. The Bertz CT molecular complexity index is 465. The smallest absolute Gasteiger partial charge is 0.155 e. The normalized spacial score (nSPS) is 15.5. The minimum absolute atomic E-state index is 0.0639. The van der Waals surface area contributed by atoms with Crippen LogP contribution in [0.5, 0.6) is 0 Å². The van der Waals surface area contributed by atoms with Crippen molar-refractivity contribution in [3.8, 4) is 0 Å². The number of aryl methyl sites for hydroxylation is 1. The Labute approximate surface area is 103 Å². The van der Waals surface area contributed by atoms with Crippen LogP contribution in [0.15, 0.2) is 24.3 Å². The van der Waals surface area contributed by atoms with E-state index in [1.54, 1.807) is 19.9 Å². The van der Waals surface area contributed by atoms with Gasteiger partial charge in [0.25, 0.3) is 0 Å². The SMILES string of the molecule is CC[C@H]([C@H](O)c1cccc(C)c1)S(=O)(=O)CC. The van der Waals surface area contributed by atoms with E-state index in [9.17, 15) is 13.5 Å². The highest BCUT2D eigenvalue weighted by molar-refractivity contribution is 7.92. The van der Waals surface area contributed by atoms with Gasteiger partial charge in [-0.2, -0.15) is 0 Å². The predicted molar refractivity (Wildman–Crippen MR) is 69.7 cm³/mol. The molecular formula is C13H20O3S. The van der Waals surface area contributed by atoms with E-state index in [0.29, 0.717) is 12.0 Å². The fourth-order valence-corrected chi connectivity index (χ4v) is 3.44. The van der Waals surface area contributed by atoms with Crippen LogP contribution >= 0.6 is 0 Å². The maximum absolute atomic E-state index is 11.9. The van der Waals surface area contributed by atoms with Gasteiger partial charge in [0, 0.05) is 5.75 Å². The highest BCUT2D eigenvalue weighted by Crippen LogP contribution is 2.25. The molecule has 0 heterocycles. The molecule has 0 amide bonds. The highest BCUT2D eigenvalue weighted by atomic mass is 32.2. The van der Waals surface area contributed by atoms with Gasteiger partial charge in [-0.1, -0.05) is 43.7 Å². The molecule has 4 heteroatoms. The lowest BCUT2D eigenvalue weighted by Crippen LogP contribution is -2.29. The minimum Gasteiger partial charge on any atom is -0.387 e. The first kappa shape index (κ1) is 14.2. The molecule has 3 nitrogen and oxygen atoms in total. The highest BCUT2D eigenvalue weighted by Gasteiger charge is 2.30. The molecule has 0 aliphatic rings. The monoisotopic (exact) mass is 256 g/mol. The van der Waals surface area contributed by atoms with Crippen LogP contribution in [-0.4, -0.2) is 24.5 Å². The Kier molecular flexibility index (Phi) is 4.71. The van der Waals surface area contributed by atoms with Gasteiger partial charge in [-0.3, -0.25) is 0 Å². The van der Waals surface area contributed by atoms with Crippen LogP contribution in [0.3, 0.4) is 0 Å². The molecule has 0 radical (unpaired) electrons. The van der Waals surface area contributed by atoms with Crippen molar-refractivity contribution in [3.63, 3.8) is 0 Å². The van der Waals surface area contributed by atoms with Crippen molar-refractivity contribution in [3.05, 3.63) is 35.4 Å². The molecule has 1 rings (SSSR count). The molecule has 96 valence electrons. The zero-order valence-corrected chi connectivity index (χ0v) is 11.4. The maximum atomic E-state index is 11.9. The maximum Gasteiger partial charge on any atom is 0.155 e. The molecule has 0 bridgehead atoms. The Hall–Kier alpha value is -0.870. The van der Waals surface area contributed by atoms with Gasteiger partial charge < -0.3 is 5.11 Å². The molecule has 2 atom stereocenters. The van der Waals surface area contributed by atoms with Crippen LogP contribution in [0.25, 0.3) is 0 Å². The zero-order chi connectivity index (χ0) is 13.1. The third-order valence-corrected chi connectivity index (χ3v) is 5.32. The van der Waals surface area contributed by atoms with Gasteiger partial charge in [-0.05, 0) is 18.9 Å². The lowest BCUT2D eigenvalue weighted by Gasteiger charge is -2.21. The second-order valence-electron chi connectivity index (χ2n) is 4.26. The van der Waals surface area contributed by atoms with Crippen molar-refractivity contribution < 1.29 is 13.5 Å². The molecule has 0 spiro atoms. The van der Waals surface area contributed by atoms with Gasteiger partial charge in [0.15, 0.2) is 9.84 Å². The van der Waals surface area contributed by atoms with E-state index in [-0.39, 0.29) is 5.75 Å². The van der Waals surface area contributed by atoms with E-state index in [1.165, 1.54) is 0 Å². The van der Waals surface area contributed by atoms with E-state index >= 15 is 0 Å². The van der Waals surface area contributed by atoms with Crippen LogP contribution < -0.4 is 0 Å². The molecule has 1 N–H and O–H groups in total. The van der Waals surface area contributed by atoms with Crippen molar-refractivity contribution in [2.45, 2.75) is 38.5 Å². The summed E-state index contributed by atoms with van der Waals surface area (Å²) in [5.41, 5.74) is 1.69. The number of hydrogen-bond acceptors (Lipinski definition) is 3. The Balaban J connectivity index is 3.06. The summed E-state index contributed by atoms with van der Waals surface area (Å²) in [5, 5.41) is 9.48. The minimum atomic E-state index is -3.22. The molecule has 0 unspecified atom stereocenters. The van der Waals surface area contributed by atoms with Gasteiger partial charge in [0.2, 0.25) is 0 Å². The first-order chi connectivity index (χ1) is 7.92. The van der Waals surface area contributed by atoms with E-state index in [4.69, 9.17) is 0 Å². The molecule has 0 fully saturated rings. The van der Waals surface area contributed by atoms with Crippen molar-refractivity contribution in [1.82, 2.24) is 0 Å². The first-order valence-corrected chi connectivity index (χ1v) is 7.60. The summed E-state index contributed by atoms with van der Waals surface area (Å²) in [6.07, 6.45) is -0.518. The van der Waals surface area contributed by atoms with Crippen LogP contribution in [0.2, 0.25) is 0 Å². The van der Waals surface area contributed by atoms with Crippen LogP contribution in [0.4, 0.5) is 0 Å². The second-order valence-corrected chi connectivity index (χ2v) is 6.77. The number of aliphatic hydroxyl groups excluding tert-OH is 1. The number of rotatable bonds is 5. The third kappa shape index (κ3) is 3.30. The van der Waals surface area contributed by atoms with Crippen molar-refractivity contribution >= 4 is 9.84 Å². The quantitative estimate of drug-likeness (QED) is 0.879. The summed E-state index contributed by atoms with van der Waals surface area (Å²) in [4.78, 5) is 0. The van der Waals surface area contributed by atoms with Crippen molar-refractivity contribution in [2.24, 2.45) is 0 Å². The molecule has 0 aliphatic heterocycles. The average Bonchev–Trinajstić information content (AvgIpc) is 2.29. The molecule has 1 aromatic carbocycles. The fourth-order valence-electron chi connectivity index (χ4n) is 1.96. The summed E-state index contributed by atoms with van der Waals surface area (Å²) in [5.74, 6) is 0.0639.